The van der Waals surface area contributed by atoms with Gasteiger partial charge in [-0.3, -0.25) is 9.59 Å². The number of ether oxygens (including phenoxy) is 1. The highest BCUT2D eigenvalue weighted by Gasteiger charge is 2.26. The minimum absolute atomic E-state index is 0.192. The number of hydrogen-bond donors (Lipinski definition) is 1. The molecule has 0 saturated heterocycles. The van der Waals surface area contributed by atoms with Gasteiger partial charge in [0, 0.05) is 23.1 Å². The fraction of sp³-hybridized carbons (Fsp3) is 0.417. The number of rotatable bonds is 9. The summed E-state index contributed by atoms with van der Waals surface area (Å²) in [6.45, 7) is 10.1. The first-order valence-corrected chi connectivity index (χ1v) is 11.0. The van der Waals surface area contributed by atoms with E-state index in [9.17, 15) is 9.59 Å². The third-order valence-electron chi connectivity index (χ3n) is 4.87. The lowest BCUT2D eigenvalue weighted by Crippen LogP contribution is -2.49. The third-order valence-corrected chi connectivity index (χ3v) is 5.70. The Bertz CT molecular complexity index is 908. The average molecular weight is 465 g/mol. The maximum Gasteiger partial charge on any atom is 0.261 e. The summed E-state index contributed by atoms with van der Waals surface area (Å²) >= 11 is 12.3. The van der Waals surface area contributed by atoms with Crippen LogP contribution in [0.15, 0.2) is 36.4 Å². The van der Waals surface area contributed by atoms with Crippen LogP contribution in [-0.4, -0.2) is 35.9 Å². The van der Waals surface area contributed by atoms with E-state index < -0.39 is 6.04 Å². The zero-order valence-corrected chi connectivity index (χ0v) is 20.2. The van der Waals surface area contributed by atoms with Crippen LogP contribution in [0.4, 0.5) is 0 Å². The predicted octanol–water partition coefficient (Wildman–Crippen LogP) is 5.18. The van der Waals surface area contributed by atoms with Gasteiger partial charge in [-0.2, -0.15) is 0 Å². The largest absolute Gasteiger partial charge is 0.484 e. The maximum absolute atomic E-state index is 13.1. The highest BCUT2D eigenvalue weighted by molar-refractivity contribution is 6.32. The summed E-state index contributed by atoms with van der Waals surface area (Å²) in [5.74, 6) is 0.375. The standard InChI is InChI=1S/C24H30Cl2N2O3/c1-15(2)12-27-24(30)18(5)28(13-19-7-6-8-20(25)11-19)22(29)14-31-21-9-16(3)23(26)17(4)10-21/h6-11,15,18H,12-14H2,1-5H3,(H,27,30). The molecule has 0 heterocycles. The molecule has 2 rings (SSSR count). The molecule has 0 spiro atoms. The Balaban J connectivity index is 2.17. The summed E-state index contributed by atoms with van der Waals surface area (Å²) in [6, 6.07) is 10.2. The van der Waals surface area contributed by atoms with Crippen LogP contribution in [0.2, 0.25) is 10.0 Å². The molecule has 0 aliphatic heterocycles. The number of carbonyl (C=O) groups excluding carboxylic acids is 2. The van der Waals surface area contributed by atoms with Gasteiger partial charge in [0.25, 0.3) is 5.91 Å². The number of nitrogens with zero attached hydrogens (tertiary/aromatic N) is 1. The first-order chi connectivity index (χ1) is 14.6. The second-order valence-corrected chi connectivity index (χ2v) is 8.94. The van der Waals surface area contributed by atoms with Gasteiger partial charge in [-0.25, -0.2) is 0 Å². The summed E-state index contributed by atoms with van der Waals surface area (Å²) in [6.07, 6.45) is 0. The third kappa shape index (κ3) is 7.44. The fourth-order valence-corrected chi connectivity index (χ4v) is 3.41. The van der Waals surface area contributed by atoms with E-state index in [0.717, 1.165) is 16.7 Å². The van der Waals surface area contributed by atoms with Gasteiger partial charge in [-0.15, -0.1) is 0 Å². The lowest BCUT2D eigenvalue weighted by molar-refractivity contribution is -0.142. The van der Waals surface area contributed by atoms with Gasteiger partial charge in [-0.05, 0) is 67.6 Å². The Labute approximate surface area is 194 Å². The lowest BCUT2D eigenvalue weighted by atomic mass is 10.1. The Morgan fingerprint density at radius 2 is 1.71 bits per heavy atom. The Hall–Kier alpha value is -2.24. The van der Waals surface area contributed by atoms with Crippen molar-refractivity contribution < 1.29 is 14.3 Å². The van der Waals surface area contributed by atoms with Gasteiger partial charge < -0.3 is 15.0 Å². The molecule has 168 valence electrons. The van der Waals surface area contributed by atoms with Crippen molar-refractivity contribution in [3.05, 3.63) is 63.1 Å². The van der Waals surface area contributed by atoms with Gasteiger partial charge in [0.15, 0.2) is 6.61 Å². The number of benzene rings is 2. The second-order valence-electron chi connectivity index (χ2n) is 8.13. The van der Waals surface area contributed by atoms with E-state index in [0.29, 0.717) is 28.3 Å². The highest BCUT2D eigenvalue weighted by atomic mass is 35.5. The molecule has 0 aromatic heterocycles. The molecule has 5 nitrogen and oxygen atoms in total. The first-order valence-electron chi connectivity index (χ1n) is 10.3. The summed E-state index contributed by atoms with van der Waals surface area (Å²) in [5.41, 5.74) is 2.59. The molecule has 0 radical (unpaired) electrons. The van der Waals surface area contributed by atoms with Crippen LogP contribution in [0.25, 0.3) is 0 Å². The fourth-order valence-electron chi connectivity index (χ4n) is 3.08. The average Bonchev–Trinajstić information content (AvgIpc) is 2.71. The van der Waals surface area contributed by atoms with Gasteiger partial charge >= 0.3 is 0 Å². The van der Waals surface area contributed by atoms with Crippen molar-refractivity contribution in [3.63, 3.8) is 0 Å². The van der Waals surface area contributed by atoms with Crippen LogP contribution in [0, 0.1) is 19.8 Å². The number of carbonyl (C=O) groups is 2. The van der Waals surface area contributed by atoms with Crippen molar-refractivity contribution in [1.82, 2.24) is 10.2 Å². The van der Waals surface area contributed by atoms with E-state index in [2.05, 4.69) is 5.32 Å². The normalized spacial score (nSPS) is 11.9. The van der Waals surface area contributed by atoms with E-state index in [1.165, 1.54) is 4.90 Å². The van der Waals surface area contributed by atoms with Gasteiger partial charge in [0.05, 0.1) is 0 Å². The molecule has 2 aromatic carbocycles. The van der Waals surface area contributed by atoms with Crippen LogP contribution in [-0.2, 0) is 16.1 Å². The highest BCUT2D eigenvalue weighted by Crippen LogP contribution is 2.26. The summed E-state index contributed by atoms with van der Waals surface area (Å²) in [7, 11) is 0. The molecular formula is C24H30Cl2N2O3. The Morgan fingerprint density at radius 1 is 1.06 bits per heavy atom. The summed E-state index contributed by atoms with van der Waals surface area (Å²) in [5, 5.41) is 4.15. The quantitative estimate of drug-likeness (QED) is 0.555. The monoisotopic (exact) mass is 464 g/mol. The van der Waals surface area contributed by atoms with Crippen molar-refractivity contribution >= 4 is 35.0 Å². The molecule has 2 amide bonds. The van der Waals surface area contributed by atoms with Crippen molar-refractivity contribution in [2.24, 2.45) is 5.92 Å². The molecule has 7 heteroatoms. The maximum atomic E-state index is 13.1. The zero-order valence-electron chi connectivity index (χ0n) is 18.7. The molecule has 0 saturated carbocycles. The van der Waals surface area contributed by atoms with E-state index in [1.54, 1.807) is 31.2 Å². The van der Waals surface area contributed by atoms with Crippen LogP contribution in [0.5, 0.6) is 5.75 Å². The molecule has 1 unspecified atom stereocenters. The topological polar surface area (TPSA) is 58.6 Å². The molecule has 0 fully saturated rings. The molecule has 0 aliphatic carbocycles. The number of hydrogen-bond acceptors (Lipinski definition) is 3. The van der Waals surface area contributed by atoms with Crippen molar-refractivity contribution in [2.75, 3.05) is 13.2 Å². The van der Waals surface area contributed by atoms with Crippen LogP contribution < -0.4 is 10.1 Å². The predicted molar refractivity (Wildman–Crippen MR) is 126 cm³/mol. The Morgan fingerprint density at radius 3 is 2.29 bits per heavy atom. The molecule has 0 aliphatic rings. The van der Waals surface area contributed by atoms with Crippen LogP contribution in [0.3, 0.4) is 0 Å². The lowest BCUT2D eigenvalue weighted by Gasteiger charge is -2.29. The van der Waals surface area contributed by atoms with Crippen molar-refractivity contribution in [3.8, 4) is 5.75 Å². The zero-order chi connectivity index (χ0) is 23.1. The van der Waals surface area contributed by atoms with Crippen molar-refractivity contribution in [1.29, 1.82) is 0 Å². The van der Waals surface area contributed by atoms with Gasteiger partial charge in [0.1, 0.15) is 11.8 Å². The smallest absolute Gasteiger partial charge is 0.261 e. The minimum Gasteiger partial charge on any atom is -0.484 e. The van der Waals surface area contributed by atoms with Crippen molar-refractivity contribution in [2.45, 2.75) is 47.2 Å². The number of halogens is 2. The van der Waals surface area contributed by atoms with E-state index >= 15 is 0 Å². The van der Waals surface area contributed by atoms with E-state index in [-0.39, 0.29) is 25.0 Å². The van der Waals surface area contributed by atoms with Crippen LogP contribution >= 0.6 is 23.2 Å². The summed E-state index contributed by atoms with van der Waals surface area (Å²) in [4.78, 5) is 27.3. The molecular weight excluding hydrogens is 435 g/mol. The van der Waals surface area contributed by atoms with Crippen LogP contribution in [0.1, 0.15) is 37.5 Å². The van der Waals surface area contributed by atoms with E-state index in [1.807, 2.05) is 39.8 Å². The minimum atomic E-state index is -0.664. The number of amides is 2. The number of aryl methyl sites for hydroxylation is 2. The molecule has 1 N–H and O–H groups in total. The van der Waals surface area contributed by atoms with E-state index in [4.69, 9.17) is 27.9 Å². The molecule has 1 atom stereocenters. The van der Waals surface area contributed by atoms with Gasteiger partial charge in [0.2, 0.25) is 5.91 Å². The number of nitrogens with one attached hydrogen (secondary N) is 1. The summed E-state index contributed by atoms with van der Waals surface area (Å²) < 4.78 is 5.75. The second kappa shape index (κ2) is 11.4. The molecule has 2 aromatic rings. The molecule has 0 bridgehead atoms. The SMILES string of the molecule is Cc1cc(OCC(=O)N(Cc2cccc(Cl)c2)C(C)C(=O)NCC(C)C)cc(C)c1Cl. The molecule has 31 heavy (non-hydrogen) atoms. The first kappa shape index (κ1) is 25.0. The Kier molecular flexibility index (Phi) is 9.20. The van der Waals surface area contributed by atoms with Gasteiger partial charge in [-0.1, -0.05) is 49.2 Å².